The summed E-state index contributed by atoms with van der Waals surface area (Å²) >= 11 is 4.66. The van der Waals surface area contributed by atoms with Crippen molar-refractivity contribution < 1.29 is 14.3 Å². The number of carbonyl (C=O) groups excluding carboxylic acids is 1. The van der Waals surface area contributed by atoms with E-state index in [2.05, 4.69) is 31.3 Å². The first kappa shape index (κ1) is 19.2. The van der Waals surface area contributed by atoms with Gasteiger partial charge in [-0.05, 0) is 52.0 Å². The first-order valence-corrected chi connectivity index (χ1v) is 9.50. The molecule has 0 aliphatic heterocycles. The van der Waals surface area contributed by atoms with Gasteiger partial charge in [0, 0.05) is 11.9 Å². The molecule has 0 aliphatic carbocycles. The second-order valence-corrected chi connectivity index (χ2v) is 7.10. The maximum absolute atomic E-state index is 12.9. The molecule has 9 heteroatoms. The highest BCUT2D eigenvalue weighted by molar-refractivity contribution is 9.10. The van der Waals surface area contributed by atoms with Crippen LogP contribution in [-0.4, -0.2) is 34.9 Å². The molecule has 0 saturated heterocycles. The lowest BCUT2D eigenvalue weighted by atomic mass is 10.1. The van der Waals surface area contributed by atoms with Crippen LogP contribution in [0.2, 0.25) is 0 Å². The number of benzene rings is 2. The minimum absolute atomic E-state index is 0.323. The number of anilines is 1. The molecule has 1 heterocycles. The summed E-state index contributed by atoms with van der Waals surface area (Å²) in [7, 11) is 4.84. The van der Waals surface area contributed by atoms with E-state index in [0.717, 1.165) is 4.90 Å². The summed E-state index contributed by atoms with van der Waals surface area (Å²) in [5, 5.41) is 7.80. The van der Waals surface area contributed by atoms with Crippen molar-refractivity contribution in [2.24, 2.45) is 7.05 Å². The van der Waals surface area contributed by atoms with E-state index in [9.17, 15) is 4.79 Å². The Kier molecular flexibility index (Phi) is 6.02. The van der Waals surface area contributed by atoms with E-state index in [1.54, 1.807) is 29.9 Å². The van der Waals surface area contributed by atoms with Gasteiger partial charge in [0.05, 0.1) is 19.9 Å². The Balaban J connectivity index is 1.91. The van der Waals surface area contributed by atoms with Crippen LogP contribution in [0.15, 0.2) is 57.3 Å². The third-order valence-electron chi connectivity index (χ3n) is 3.69. The number of nitrogens with zero attached hydrogens (tertiary/aromatic N) is 3. The molecular formula is C18H17BrN4O3S. The molecule has 1 amide bonds. The second kappa shape index (κ2) is 8.45. The van der Waals surface area contributed by atoms with E-state index in [4.69, 9.17) is 9.47 Å². The van der Waals surface area contributed by atoms with Crippen molar-refractivity contribution in [3.05, 3.63) is 52.8 Å². The van der Waals surface area contributed by atoms with E-state index < -0.39 is 0 Å². The molecule has 0 unspecified atom stereocenters. The molecule has 0 bridgehead atoms. The number of aromatic nitrogens is 3. The fourth-order valence-corrected chi connectivity index (χ4v) is 3.85. The summed E-state index contributed by atoms with van der Waals surface area (Å²) in [6.45, 7) is 0. The largest absolute Gasteiger partial charge is 0.496 e. The minimum atomic E-state index is -0.323. The fraction of sp³-hybridized carbons (Fsp3) is 0.167. The zero-order chi connectivity index (χ0) is 19.4. The highest BCUT2D eigenvalue weighted by Gasteiger charge is 2.20. The molecule has 1 aromatic heterocycles. The Labute approximate surface area is 169 Å². The number of ether oxygens (including phenoxy) is 2. The molecule has 3 rings (SSSR count). The number of carbonyl (C=O) groups is 1. The predicted octanol–water partition coefficient (Wildman–Crippen LogP) is 4.00. The third kappa shape index (κ3) is 4.25. The number of hydrogen-bond donors (Lipinski definition) is 1. The molecule has 2 aromatic carbocycles. The standard InChI is InChI=1S/C18H17BrN4O3S/c1-23-18(21-17(19)22-23)27-14-10-5-4-7-11(14)20-16(24)15-12(25-2)8-6-9-13(15)26-3/h4-10H,1-3H3,(H,20,24). The topological polar surface area (TPSA) is 78.3 Å². The normalized spacial score (nSPS) is 10.5. The number of methoxy groups -OCH3 is 2. The van der Waals surface area contributed by atoms with Gasteiger partial charge in [0.2, 0.25) is 4.73 Å². The number of amides is 1. The molecule has 0 radical (unpaired) electrons. The number of nitrogens with one attached hydrogen (secondary N) is 1. The van der Waals surface area contributed by atoms with Gasteiger partial charge in [0.25, 0.3) is 5.91 Å². The monoisotopic (exact) mass is 448 g/mol. The van der Waals surface area contributed by atoms with Gasteiger partial charge < -0.3 is 14.8 Å². The van der Waals surface area contributed by atoms with Crippen LogP contribution in [0.1, 0.15) is 10.4 Å². The second-order valence-electron chi connectivity index (χ2n) is 5.38. The van der Waals surface area contributed by atoms with Gasteiger partial charge in [-0.3, -0.25) is 4.79 Å². The summed E-state index contributed by atoms with van der Waals surface area (Å²) in [4.78, 5) is 18.1. The number of rotatable bonds is 6. The van der Waals surface area contributed by atoms with Gasteiger partial charge in [-0.1, -0.05) is 18.2 Å². The van der Waals surface area contributed by atoms with Crippen molar-refractivity contribution in [1.29, 1.82) is 0 Å². The fourth-order valence-electron chi connectivity index (χ4n) is 2.45. The molecule has 27 heavy (non-hydrogen) atoms. The van der Waals surface area contributed by atoms with Crippen LogP contribution in [0.3, 0.4) is 0 Å². The summed E-state index contributed by atoms with van der Waals surface area (Å²) in [5.74, 6) is 0.555. The minimum Gasteiger partial charge on any atom is -0.496 e. The van der Waals surface area contributed by atoms with Crippen LogP contribution in [0, 0.1) is 0 Å². The summed E-state index contributed by atoms with van der Waals surface area (Å²) in [6, 6.07) is 12.7. The van der Waals surface area contributed by atoms with Crippen LogP contribution < -0.4 is 14.8 Å². The Morgan fingerprint density at radius 3 is 2.37 bits per heavy atom. The SMILES string of the molecule is COc1cccc(OC)c1C(=O)Nc1ccccc1Sc1nc(Br)nn1C. The molecule has 1 N–H and O–H groups in total. The van der Waals surface area contributed by atoms with Crippen molar-refractivity contribution in [3.63, 3.8) is 0 Å². The maximum Gasteiger partial charge on any atom is 0.263 e. The van der Waals surface area contributed by atoms with Gasteiger partial charge >= 0.3 is 0 Å². The average Bonchev–Trinajstić information content (AvgIpc) is 2.99. The lowest BCUT2D eigenvalue weighted by molar-refractivity contribution is 0.102. The van der Waals surface area contributed by atoms with Crippen LogP contribution >= 0.6 is 27.7 Å². The van der Waals surface area contributed by atoms with Crippen molar-refractivity contribution in [2.45, 2.75) is 10.1 Å². The van der Waals surface area contributed by atoms with Crippen molar-refractivity contribution in [1.82, 2.24) is 14.8 Å². The van der Waals surface area contributed by atoms with Crippen LogP contribution in [0.4, 0.5) is 5.69 Å². The lowest BCUT2D eigenvalue weighted by Crippen LogP contribution is -2.15. The zero-order valence-corrected chi connectivity index (χ0v) is 17.3. The van der Waals surface area contributed by atoms with E-state index in [-0.39, 0.29) is 5.91 Å². The lowest BCUT2D eigenvalue weighted by Gasteiger charge is -2.14. The maximum atomic E-state index is 12.9. The molecule has 7 nitrogen and oxygen atoms in total. The van der Waals surface area contributed by atoms with E-state index >= 15 is 0 Å². The van der Waals surface area contributed by atoms with Crippen LogP contribution in [0.25, 0.3) is 0 Å². The zero-order valence-electron chi connectivity index (χ0n) is 14.9. The number of hydrogen-bond acceptors (Lipinski definition) is 6. The molecule has 140 valence electrons. The first-order valence-electron chi connectivity index (χ1n) is 7.89. The number of para-hydroxylation sites is 1. The molecule has 0 spiro atoms. The predicted molar refractivity (Wildman–Crippen MR) is 107 cm³/mol. The highest BCUT2D eigenvalue weighted by Crippen LogP contribution is 2.34. The molecular weight excluding hydrogens is 432 g/mol. The van der Waals surface area contributed by atoms with Gasteiger partial charge in [-0.2, -0.15) is 4.98 Å². The van der Waals surface area contributed by atoms with Crippen molar-refractivity contribution in [2.75, 3.05) is 19.5 Å². The summed E-state index contributed by atoms with van der Waals surface area (Å²) in [6.07, 6.45) is 0. The Hall–Kier alpha value is -2.52. The van der Waals surface area contributed by atoms with Gasteiger partial charge in [0.1, 0.15) is 17.1 Å². The van der Waals surface area contributed by atoms with E-state index in [0.29, 0.717) is 32.6 Å². The third-order valence-corrected chi connectivity index (χ3v) is 5.14. The van der Waals surface area contributed by atoms with Crippen molar-refractivity contribution in [3.8, 4) is 11.5 Å². The van der Waals surface area contributed by atoms with E-state index in [1.807, 2.05) is 24.3 Å². The van der Waals surface area contributed by atoms with Crippen molar-refractivity contribution >= 4 is 39.3 Å². The molecule has 0 aliphatic rings. The summed E-state index contributed by atoms with van der Waals surface area (Å²) < 4.78 is 12.8. The highest BCUT2D eigenvalue weighted by atomic mass is 79.9. The summed E-state index contributed by atoms with van der Waals surface area (Å²) in [5.41, 5.74) is 0.989. The van der Waals surface area contributed by atoms with Crippen LogP contribution in [0.5, 0.6) is 11.5 Å². The first-order chi connectivity index (χ1) is 13.0. The molecule has 0 saturated carbocycles. The number of halogens is 1. The molecule has 0 atom stereocenters. The average molecular weight is 449 g/mol. The number of aryl methyl sites for hydroxylation is 1. The van der Waals surface area contributed by atoms with Gasteiger partial charge in [-0.25, -0.2) is 4.68 Å². The van der Waals surface area contributed by atoms with E-state index in [1.165, 1.54) is 26.0 Å². The van der Waals surface area contributed by atoms with Crippen LogP contribution in [-0.2, 0) is 7.05 Å². The molecule has 0 fully saturated rings. The Morgan fingerprint density at radius 1 is 1.11 bits per heavy atom. The Bertz CT molecular complexity index is 955. The molecule has 3 aromatic rings. The van der Waals surface area contributed by atoms with Gasteiger partial charge in [-0.15, -0.1) is 5.10 Å². The van der Waals surface area contributed by atoms with Gasteiger partial charge in [0.15, 0.2) is 5.16 Å². The smallest absolute Gasteiger partial charge is 0.263 e. The Morgan fingerprint density at radius 2 is 1.78 bits per heavy atom. The quantitative estimate of drug-likeness (QED) is 0.613.